The molecule has 1 atom stereocenters. The molecule has 0 radical (unpaired) electrons. The molecule has 1 unspecified atom stereocenters. The maximum absolute atomic E-state index is 10.6. The van der Waals surface area contributed by atoms with Crippen LogP contribution >= 0.6 is 11.3 Å². The standard InChI is InChI=1S/C16H29N5O2S/c1-4-17-15(19-10-14-18-9-13(2)24-14)20-11-16(3,22)12-21-5-7-23-8-6-21/h9,22H,4-8,10-12H2,1-3H3,(H2,17,19,20). The molecular formula is C16H29N5O2S. The summed E-state index contributed by atoms with van der Waals surface area (Å²) in [6.07, 6.45) is 1.86. The zero-order valence-electron chi connectivity index (χ0n) is 14.8. The Hall–Kier alpha value is -1.22. The average Bonchev–Trinajstić information content (AvgIpc) is 2.96. The van der Waals surface area contributed by atoms with E-state index in [1.165, 1.54) is 4.88 Å². The maximum Gasteiger partial charge on any atom is 0.191 e. The molecule has 2 heterocycles. The highest BCUT2D eigenvalue weighted by Gasteiger charge is 2.25. The molecule has 0 aromatic carbocycles. The summed E-state index contributed by atoms with van der Waals surface area (Å²) in [5.41, 5.74) is -0.828. The lowest BCUT2D eigenvalue weighted by Gasteiger charge is -2.34. The van der Waals surface area contributed by atoms with E-state index >= 15 is 0 Å². The fourth-order valence-electron chi connectivity index (χ4n) is 2.53. The van der Waals surface area contributed by atoms with E-state index in [4.69, 9.17) is 4.74 Å². The van der Waals surface area contributed by atoms with E-state index in [0.29, 0.717) is 25.6 Å². The number of β-amino-alcohol motifs (C(OH)–C–C–N with tert-alkyl or cyclic N) is 1. The molecule has 1 saturated heterocycles. The monoisotopic (exact) mass is 355 g/mol. The highest BCUT2D eigenvalue weighted by atomic mass is 32.1. The Morgan fingerprint density at radius 1 is 1.46 bits per heavy atom. The van der Waals surface area contributed by atoms with Crippen molar-refractivity contribution in [2.75, 3.05) is 45.9 Å². The third-order valence-electron chi connectivity index (χ3n) is 3.69. The average molecular weight is 356 g/mol. The highest BCUT2D eigenvalue weighted by Crippen LogP contribution is 2.12. The lowest BCUT2D eigenvalue weighted by atomic mass is 10.1. The van der Waals surface area contributed by atoms with Crippen molar-refractivity contribution in [3.8, 4) is 0 Å². The molecule has 136 valence electrons. The number of aliphatic imine (C=N–C) groups is 1. The first kappa shape index (κ1) is 19.1. The minimum Gasteiger partial charge on any atom is -0.387 e. The Kier molecular flexibility index (Phi) is 7.41. The van der Waals surface area contributed by atoms with Gasteiger partial charge in [-0.2, -0.15) is 0 Å². The van der Waals surface area contributed by atoms with Crippen LogP contribution in [-0.4, -0.2) is 72.5 Å². The first-order valence-electron chi connectivity index (χ1n) is 8.44. The third-order valence-corrected chi connectivity index (χ3v) is 4.59. The van der Waals surface area contributed by atoms with E-state index in [2.05, 4.69) is 25.5 Å². The Labute approximate surface area is 148 Å². The van der Waals surface area contributed by atoms with Gasteiger partial charge >= 0.3 is 0 Å². The number of rotatable bonds is 7. The SMILES string of the molecule is CCNC(=NCc1ncc(C)s1)NCC(C)(O)CN1CCOCC1. The number of hydrogen-bond donors (Lipinski definition) is 3. The van der Waals surface area contributed by atoms with Gasteiger partial charge in [0.2, 0.25) is 0 Å². The molecule has 3 N–H and O–H groups in total. The Bertz CT molecular complexity index is 526. The van der Waals surface area contributed by atoms with E-state index in [0.717, 1.165) is 37.9 Å². The Morgan fingerprint density at radius 3 is 2.83 bits per heavy atom. The van der Waals surface area contributed by atoms with Crippen molar-refractivity contribution in [1.29, 1.82) is 0 Å². The van der Waals surface area contributed by atoms with Crippen LogP contribution in [0.25, 0.3) is 0 Å². The van der Waals surface area contributed by atoms with Crippen molar-refractivity contribution in [3.05, 3.63) is 16.1 Å². The second-order valence-corrected chi connectivity index (χ2v) is 7.62. The molecule has 0 aliphatic carbocycles. The van der Waals surface area contributed by atoms with E-state index in [9.17, 15) is 5.11 Å². The molecule has 1 fully saturated rings. The number of guanidine groups is 1. The van der Waals surface area contributed by atoms with Gasteiger partial charge in [0.05, 0.1) is 25.4 Å². The van der Waals surface area contributed by atoms with Gasteiger partial charge < -0.3 is 20.5 Å². The summed E-state index contributed by atoms with van der Waals surface area (Å²) in [4.78, 5) is 12.3. The third kappa shape index (κ3) is 6.72. The van der Waals surface area contributed by atoms with Crippen LogP contribution in [0, 0.1) is 6.92 Å². The zero-order valence-corrected chi connectivity index (χ0v) is 15.7. The molecule has 1 aliphatic rings. The lowest BCUT2D eigenvalue weighted by molar-refractivity contribution is -0.0201. The number of thiazole rings is 1. The maximum atomic E-state index is 10.6. The molecule has 1 aromatic rings. The van der Waals surface area contributed by atoms with Gasteiger partial charge in [0.15, 0.2) is 5.96 Å². The van der Waals surface area contributed by atoms with E-state index in [-0.39, 0.29) is 0 Å². The number of aryl methyl sites for hydroxylation is 1. The molecule has 7 nitrogen and oxygen atoms in total. The van der Waals surface area contributed by atoms with Crippen molar-refractivity contribution in [2.24, 2.45) is 4.99 Å². The van der Waals surface area contributed by atoms with Crippen molar-refractivity contribution in [3.63, 3.8) is 0 Å². The largest absolute Gasteiger partial charge is 0.387 e. The van der Waals surface area contributed by atoms with Crippen LogP contribution < -0.4 is 10.6 Å². The second-order valence-electron chi connectivity index (χ2n) is 6.30. The first-order valence-corrected chi connectivity index (χ1v) is 9.26. The van der Waals surface area contributed by atoms with Crippen molar-refractivity contribution >= 4 is 17.3 Å². The van der Waals surface area contributed by atoms with Crippen LogP contribution in [0.2, 0.25) is 0 Å². The Morgan fingerprint density at radius 2 is 2.21 bits per heavy atom. The first-order chi connectivity index (χ1) is 11.5. The molecule has 0 bridgehead atoms. The molecule has 8 heteroatoms. The van der Waals surface area contributed by atoms with E-state index in [1.807, 2.05) is 27.0 Å². The summed E-state index contributed by atoms with van der Waals surface area (Å²) < 4.78 is 5.35. The van der Waals surface area contributed by atoms with E-state index < -0.39 is 5.60 Å². The van der Waals surface area contributed by atoms with Crippen LogP contribution in [0.3, 0.4) is 0 Å². The minimum absolute atomic E-state index is 0.438. The predicted molar refractivity (Wildman–Crippen MR) is 97.6 cm³/mol. The van der Waals surface area contributed by atoms with Crippen molar-refractivity contribution in [1.82, 2.24) is 20.5 Å². The number of aromatic nitrogens is 1. The smallest absolute Gasteiger partial charge is 0.191 e. The molecule has 2 rings (SSSR count). The number of aliphatic hydroxyl groups is 1. The topological polar surface area (TPSA) is 82.0 Å². The number of morpholine rings is 1. The fraction of sp³-hybridized carbons (Fsp3) is 0.750. The molecular weight excluding hydrogens is 326 g/mol. The molecule has 24 heavy (non-hydrogen) atoms. The molecule has 1 aromatic heterocycles. The number of hydrogen-bond acceptors (Lipinski definition) is 6. The van der Waals surface area contributed by atoms with Crippen LogP contribution in [0.1, 0.15) is 23.7 Å². The van der Waals surface area contributed by atoms with Gasteiger partial charge in [0.1, 0.15) is 5.01 Å². The molecule has 0 amide bonds. The minimum atomic E-state index is -0.828. The number of ether oxygens (including phenoxy) is 1. The highest BCUT2D eigenvalue weighted by molar-refractivity contribution is 7.11. The summed E-state index contributed by atoms with van der Waals surface area (Å²) in [6.45, 7) is 11.5. The molecule has 1 aliphatic heterocycles. The van der Waals surface area contributed by atoms with E-state index in [1.54, 1.807) is 11.3 Å². The van der Waals surface area contributed by atoms with Gasteiger partial charge in [0, 0.05) is 43.8 Å². The van der Waals surface area contributed by atoms with Gasteiger partial charge in [0.25, 0.3) is 0 Å². The zero-order chi connectivity index (χ0) is 17.4. The number of nitrogens with zero attached hydrogens (tertiary/aromatic N) is 3. The van der Waals surface area contributed by atoms with Crippen LogP contribution in [-0.2, 0) is 11.3 Å². The van der Waals surface area contributed by atoms with Crippen molar-refractivity contribution < 1.29 is 9.84 Å². The van der Waals surface area contributed by atoms with Gasteiger partial charge in [-0.25, -0.2) is 9.98 Å². The molecule has 0 spiro atoms. The predicted octanol–water partition coefficient (Wildman–Crippen LogP) is 0.590. The van der Waals surface area contributed by atoms with Gasteiger partial charge in [-0.05, 0) is 20.8 Å². The van der Waals surface area contributed by atoms with Crippen LogP contribution in [0.5, 0.6) is 0 Å². The quantitative estimate of drug-likeness (QED) is 0.491. The summed E-state index contributed by atoms with van der Waals surface area (Å²) in [5, 5.41) is 18.1. The van der Waals surface area contributed by atoms with Crippen LogP contribution in [0.4, 0.5) is 0 Å². The summed E-state index contributed by atoms with van der Waals surface area (Å²) in [6, 6.07) is 0. The summed E-state index contributed by atoms with van der Waals surface area (Å²) >= 11 is 1.65. The Balaban J connectivity index is 1.84. The van der Waals surface area contributed by atoms with Gasteiger partial charge in [-0.1, -0.05) is 0 Å². The fourth-order valence-corrected chi connectivity index (χ4v) is 3.25. The molecule has 0 saturated carbocycles. The normalized spacial score (nSPS) is 19.1. The lowest BCUT2D eigenvalue weighted by Crippen LogP contribution is -2.52. The van der Waals surface area contributed by atoms with Gasteiger partial charge in [-0.3, -0.25) is 4.90 Å². The summed E-state index contributed by atoms with van der Waals surface area (Å²) in [7, 11) is 0. The van der Waals surface area contributed by atoms with Crippen molar-refractivity contribution in [2.45, 2.75) is 32.9 Å². The summed E-state index contributed by atoms with van der Waals surface area (Å²) in [5.74, 6) is 0.701. The second kappa shape index (κ2) is 9.31. The number of nitrogens with one attached hydrogen (secondary N) is 2. The van der Waals surface area contributed by atoms with Gasteiger partial charge in [-0.15, -0.1) is 11.3 Å². The van der Waals surface area contributed by atoms with Crippen LogP contribution in [0.15, 0.2) is 11.2 Å².